The number of benzene rings is 2. The molecule has 25 heavy (non-hydrogen) atoms. The van der Waals surface area contributed by atoms with Crippen LogP contribution in [0.4, 0.5) is 0 Å². The van der Waals surface area contributed by atoms with E-state index in [9.17, 15) is 19.8 Å². The number of hydrogen-bond acceptors (Lipinski definition) is 4. The third kappa shape index (κ3) is 3.07. The van der Waals surface area contributed by atoms with E-state index in [1.54, 1.807) is 0 Å². The highest BCUT2D eigenvalue weighted by atomic mass is 79.9. The highest BCUT2D eigenvalue weighted by Crippen LogP contribution is 2.38. The predicted molar refractivity (Wildman–Crippen MR) is 95.2 cm³/mol. The molecule has 0 radical (unpaired) electrons. The molecule has 2 aromatic carbocycles. The van der Waals surface area contributed by atoms with Gasteiger partial charge in [0, 0.05) is 19.2 Å². The van der Waals surface area contributed by atoms with Crippen LogP contribution < -0.4 is 5.32 Å². The summed E-state index contributed by atoms with van der Waals surface area (Å²) < 4.78 is 0.292. The van der Waals surface area contributed by atoms with Crippen LogP contribution in [0, 0.1) is 0 Å². The number of nitrogens with one attached hydrogen (secondary N) is 1. The SMILES string of the molecule is CCNC(=O)C1c2ccccc2CN1C(=O)c1cc(Br)c(O)cc1O. The molecule has 1 unspecified atom stereocenters. The number of carbonyl (C=O) groups is 2. The van der Waals surface area contributed by atoms with Crippen molar-refractivity contribution in [3.8, 4) is 11.5 Å². The van der Waals surface area contributed by atoms with Crippen LogP contribution in [0.25, 0.3) is 0 Å². The second-order valence-electron chi connectivity index (χ2n) is 5.75. The molecule has 0 saturated heterocycles. The molecule has 1 heterocycles. The van der Waals surface area contributed by atoms with Gasteiger partial charge < -0.3 is 20.4 Å². The lowest BCUT2D eigenvalue weighted by Gasteiger charge is -2.25. The number of aromatic hydroxyl groups is 2. The van der Waals surface area contributed by atoms with Crippen molar-refractivity contribution in [2.75, 3.05) is 6.54 Å². The molecule has 7 heteroatoms. The fourth-order valence-corrected chi connectivity index (χ4v) is 3.35. The second-order valence-corrected chi connectivity index (χ2v) is 6.60. The number of halogens is 1. The molecule has 1 aliphatic heterocycles. The minimum atomic E-state index is -0.754. The van der Waals surface area contributed by atoms with Crippen molar-refractivity contribution < 1.29 is 19.8 Å². The van der Waals surface area contributed by atoms with Crippen molar-refractivity contribution >= 4 is 27.7 Å². The Morgan fingerprint density at radius 3 is 2.68 bits per heavy atom. The van der Waals surface area contributed by atoms with Crippen LogP contribution in [0.5, 0.6) is 11.5 Å². The normalized spacial score (nSPS) is 15.8. The van der Waals surface area contributed by atoms with Gasteiger partial charge in [0.15, 0.2) is 0 Å². The molecule has 0 fully saturated rings. The van der Waals surface area contributed by atoms with E-state index in [0.717, 1.165) is 17.2 Å². The van der Waals surface area contributed by atoms with E-state index in [2.05, 4.69) is 21.2 Å². The standard InChI is InChI=1S/C18H17BrN2O4/c1-2-20-17(24)16-11-6-4-3-5-10(11)9-21(16)18(25)12-7-13(19)15(23)8-14(12)22/h3-8,16,22-23H,2,9H2,1H3,(H,20,24). The van der Waals surface area contributed by atoms with Crippen LogP contribution in [0.2, 0.25) is 0 Å². The first-order valence-corrected chi connectivity index (χ1v) is 8.61. The maximum absolute atomic E-state index is 13.0. The van der Waals surface area contributed by atoms with Gasteiger partial charge in [-0.05, 0) is 40.0 Å². The van der Waals surface area contributed by atoms with Crippen molar-refractivity contribution in [1.82, 2.24) is 10.2 Å². The number of rotatable bonds is 3. The maximum atomic E-state index is 13.0. The summed E-state index contributed by atoms with van der Waals surface area (Å²) in [5.74, 6) is -1.25. The van der Waals surface area contributed by atoms with E-state index in [1.807, 2.05) is 31.2 Å². The Morgan fingerprint density at radius 1 is 1.24 bits per heavy atom. The van der Waals surface area contributed by atoms with E-state index in [4.69, 9.17) is 0 Å². The Bertz CT molecular complexity index is 853. The topological polar surface area (TPSA) is 89.9 Å². The smallest absolute Gasteiger partial charge is 0.258 e. The summed E-state index contributed by atoms with van der Waals surface area (Å²) in [6, 6.07) is 9.09. The molecule has 0 aromatic heterocycles. The zero-order chi connectivity index (χ0) is 18.1. The quantitative estimate of drug-likeness (QED) is 0.733. The number of carbonyl (C=O) groups excluding carboxylic acids is 2. The Hall–Kier alpha value is -2.54. The first-order chi connectivity index (χ1) is 11.9. The molecule has 3 rings (SSSR count). The summed E-state index contributed by atoms with van der Waals surface area (Å²) >= 11 is 3.14. The van der Waals surface area contributed by atoms with Gasteiger partial charge in [0.2, 0.25) is 5.91 Å². The summed E-state index contributed by atoms with van der Waals surface area (Å²) in [5.41, 5.74) is 1.69. The van der Waals surface area contributed by atoms with Crippen LogP contribution in [0.1, 0.15) is 34.5 Å². The van der Waals surface area contributed by atoms with Crippen molar-refractivity contribution in [3.05, 3.63) is 57.6 Å². The van der Waals surface area contributed by atoms with E-state index in [-0.39, 0.29) is 29.5 Å². The van der Waals surface area contributed by atoms with E-state index in [1.165, 1.54) is 11.0 Å². The molecule has 1 atom stereocenters. The average molecular weight is 405 g/mol. The van der Waals surface area contributed by atoms with Gasteiger partial charge in [-0.2, -0.15) is 0 Å². The predicted octanol–water partition coefficient (Wildman–Crippen LogP) is 2.69. The van der Waals surface area contributed by atoms with Crippen molar-refractivity contribution in [1.29, 1.82) is 0 Å². The first-order valence-electron chi connectivity index (χ1n) is 7.82. The Balaban J connectivity index is 2.02. The van der Waals surface area contributed by atoms with Gasteiger partial charge in [-0.3, -0.25) is 9.59 Å². The maximum Gasteiger partial charge on any atom is 0.258 e. The van der Waals surface area contributed by atoms with Crippen molar-refractivity contribution in [3.63, 3.8) is 0 Å². The molecule has 0 bridgehead atoms. The Kier molecular flexibility index (Phi) is 4.67. The summed E-state index contributed by atoms with van der Waals surface area (Å²) in [7, 11) is 0. The number of phenolic OH excluding ortho intramolecular Hbond substituents is 2. The lowest BCUT2D eigenvalue weighted by atomic mass is 10.0. The largest absolute Gasteiger partial charge is 0.507 e. The summed E-state index contributed by atoms with van der Waals surface area (Å²) in [5, 5.41) is 22.4. The van der Waals surface area contributed by atoms with Gasteiger partial charge in [0.25, 0.3) is 5.91 Å². The first kappa shape index (κ1) is 17.3. The minimum absolute atomic E-state index is 0.0202. The summed E-state index contributed by atoms with van der Waals surface area (Å²) in [6.07, 6.45) is 0. The molecule has 0 spiro atoms. The molecule has 0 aliphatic carbocycles. The zero-order valence-electron chi connectivity index (χ0n) is 13.5. The van der Waals surface area contributed by atoms with Crippen LogP contribution in [-0.2, 0) is 11.3 Å². The Labute approximate surface area is 153 Å². The van der Waals surface area contributed by atoms with Crippen molar-refractivity contribution in [2.45, 2.75) is 19.5 Å². The van der Waals surface area contributed by atoms with E-state index >= 15 is 0 Å². The minimum Gasteiger partial charge on any atom is -0.507 e. The van der Waals surface area contributed by atoms with Gasteiger partial charge in [-0.15, -0.1) is 0 Å². The number of phenols is 2. The highest BCUT2D eigenvalue weighted by Gasteiger charge is 2.39. The fraction of sp³-hybridized carbons (Fsp3) is 0.222. The third-order valence-electron chi connectivity index (χ3n) is 4.16. The van der Waals surface area contributed by atoms with Gasteiger partial charge in [0.1, 0.15) is 17.5 Å². The molecule has 2 amide bonds. The average Bonchev–Trinajstić information content (AvgIpc) is 2.97. The molecule has 1 aliphatic rings. The number of hydrogen-bond donors (Lipinski definition) is 3. The number of fused-ring (bicyclic) bond motifs is 1. The molecule has 6 nitrogen and oxygen atoms in total. The summed E-state index contributed by atoms with van der Waals surface area (Å²) in [4.78, 5) is 27.0. The second kappa shape index (κ2) is 6.76. The highest BCUT2D eigenvalue weighted by molar-refractivity contribution is 9.10. The molecule has 0 saturated carbocycles. The van der Waals surface area contributed by atoms with Gasteiger partial charge in [0.05, 0.1) is 10.0 Å². The van der Waals surface area contributed by atoms with E-state index in [0.29, 0.717) is 11.0 Å². The third-order valence-corrected chi connectivity index (χ3v) is 4.79. The molecule has 3 N–H and O–H groups in total. The number of likely N-dealkylation sites (N-methyl/N-ethyl adjacent to an activating group) is 1. The molecular weight excluding hydrogens is 388 g/mol. The lowest BCUT2D eigenvalue weighted by molar-refractivity contribution is -0.125. The van der Waals surface area contributed by atoms with Gasteiger partial charge >= 0.3 is 0 Å². The van der Waals surface area contributed by atoms with Crippen LogP contribution in [0.15, 0.2) is 40.9 Å². The van der Waals surface area contributed by atoms with Crippen molar-refractivity contribution in [2.24, 2.45) is 0 Å². The monoisotopic (exact) mass is 404 g/mol. The lowest BCUT2D eigenvalue weighted by Crippen LogP contribution is -2.39. The van der Waals surface area contributed by atoms with Crippen LogP contribution in [0.3, 0.4) is 0 Å². The number of nitrogens with zero attached hydrogens (tertiary/aromatic N) is 1. The van der Waals surface area contributed by atoms with Gasteiger partial charge in [-0.1, -0.05) is 24.3 Å². The van der Waals surface area contributed by atoms with Gasteiger partial charge in [-0.25, -0.2) is 0 Å². The van der Waals surface area contributed by atoms with E-state index < -0.39 is 11.9 Å². The molecular formula is C18H17BrN2O4. The van der Waals surface area contributed by atoms with Crippen LogP contribution in [-0.4, -0.2) is 33.5 Å². The van der Waals surface area contributed by atoms with Crippen LogP contribution >= 0.6 is 15.9 Å². The summed E-state index contributed by atoms with van der Waals surface area (Å²) in [6.45, 7) is 2.54. The molecule has 2 aromatic rings. The number of amides is 2. The Morgan fingerprint density at radius 2 is 1.96 bits per heavy atom. The molecule has 130 valence electrons. The fourth-order valence-electron chi connectivity index (χ4n) is 3.01. The zero-order valence-corrected chi connectivity index (χ0v) is 15.1.